The van der Waals surface area contributed by atoms with Crippen molar-refractivity contribution in [1.29, 1.82) is 0 Å². The van der Waals surface area contributed by atoms with Gasteiger partial charge in [-0.05, 0) is 42.7 Å². The van der Waals surface area contributed by atoms with E-state index >= 15 is 0 Å². The van der Waals surface area contributed by atoms with Crippen LogP contribution < -0.4 is 5.32 Å². The molecule has 0 aliphatic heterocycles. The highest BCUT2D eigenvalue weighted by atomic mass is 32.2. The summed E-state index contributed by atoms with van der Waals surface area (Å²) in [6.45, 7) is 3.76. The lowest BCUT2D eigenvalue weighted by Crippen LogP contribution is -2.26. The highest BCUT2D eigenvalue weighted by molar-refractivity contribution is 7.89. The number of furan rings is 1. The third-order valence-corrected chi connectivity index (χ3v) is 6.01. The van der Waals surface area contributed by atoms with E-state index in [0.717, 1.165) is 16.7 Å². The first-order valence-electron chi connectivity index (χ1n) is 9.03. The second-order valence-electron chi connectivity index (χ2n) is 6.83. The van der Waals surface area contributed by atoms with Crippen LogP contribution in [0.5, 0.6) is 0 Å². The Kier molecular flexibility index (Phi) is 5.99. The maximum atomic E-state index is 12.5. The molecule has 0 saturated carbocycles. The summed E-state index contributed by atoms with van der Waals surface area (Å²) in [6, 6.07) is 19.8. The highest BCUT2D eigenvalue weighted by Crippen LogP contribution is 2.18. The number of rotatable bonds is 7. The van der Waals surface area contributed by atoms with Crippen LogP contribution in [-0.2, 0) is 21.3 Å². The van der Waals surface area contributed by atoms with Crippen LogP contribution in [0.1, 0.15) is 46.0 Å². The van der Waals surface area contributed by atoms with E-state index in [0.29, 0.717) is 0 Å². The van der Waals surface area contributed by atoms with Crippen LogP contribution in [-0.4, -0.2) is 14.3 Å². The fourth-order valence-corrected chi connectivity index (χ4v) is 4.44. The summed E-state index contributed by atoms with van der Waals surface area (Å²) in [5.41, 5.74) is 2.67. The molecule has 2 aromatic carbocycles. The van der Waals surface area contributed by atoms with Crippen LogP contribution in [0.2, 0.25) is 0 Å². The minimum Gasteiger partial charge on any atom is -0.455 e. The van der Waals surface area contributed by atoms with Crippen molar-refractivity contribution in [2.45, 2.75) is 31.4 Å². The van der Waals surface area contributed by atoms with E-state index < -0.39 is 9.84 Å². The second kappa shape index (κ2) is 8.44. The molecule has 3 aromatic rings. The summed E-state index contributed by atoms with van der Waals surface area (Å²) in [5.74, 6) is -0.329. The molecule has 0 radical (unpaired) electrons. The van der Waals surface area contributed by atoms with Gasteiger partial charge in [-0.2, -0.15) is 0 Å². The molecule has 3 rings (SSSR count). The Bertz CT molecular complexity index is 1050. The lowest BCUT2D eigenvalue weighted by molar-refractivity contribution is 0.0910. The monoisotopic (exact) mass is 397 g/mol. The van der Waals surface area contributed by atoms with Crippen molar-refractivity contribution in [2.75, 3.05) is 0 Å². The predicted molar refractivity (Wildman–Crippen MR) is 109 cm³/mol. The average Bonchev–Trinajstić information content (AvgIpc) is 3.12. The number of amides is 1. The van der Waals surface area contributed by atoms with Gasteiger partial charge in [0, 0.05) is 0 Å². The Morgan fingerprint density at radius 1 is 0.964 bits per heavy atom. The molecular formula is C22H23NO4S. The molecule has 1 atom stereocenters. The summed E-state index contributed by atoms with van der Waals surface area (Å²) >= 11 is 0. The third kappa shape index (κ3) is 5.10. The van der Waals surface area contributed by atoms with Gasteiger partial charge >= 0.3 is 0 Å². The summed E-state index contributed by atoms with van der Waals surface area (Å²) < 4.78 is 30.5. The van der Waals surface area contributed by atoms with Crippen molar-refractivity contribution in [3.8, 4) is 0 Å². The quantitative estimate of drug-likeness (QED) is 0.648. The Hall–Kier alpha value is -2.86. The number of benzene rings is 2. The molecule has 146 valence electrons. The molecule has 1 amide bonds. The van der Waals surface area contributed by atoms with Gasteiger partial charge in [-0.25, -0.2) is 8.42 Å². The van der Waals surface area contributed by atoms with Gasteiger partial charge in [0.25, 0.3) is 5.91 Å². The molecule has 6 heteroatoms. The molecule has 1 N–H and O–H groups in total. The van der Waals surface area contributed by atoms with Crippen molar-refractivity contribution in [3.63, 3.8) is 0 Å². The number of hydrogen-bond donors (Lipinski definition) is 1. The van der Waals surface area contributed by atoms with Gasteiger partial charge in [0.2, 0.25) is 0 Å². The van der Waals surface area contributed by atoms with Crippen LogP contribution in [0, 0.1) is 6.92 Å². The van der Waals surface area contributed by atoms with Crippen molar-refractivity contribution in [1.82, 2.24) is 5.32 Å². The van der Waals surface area contributed by atoms with E-state index in [1.54, 1.807) is 6.07 Å². The standard InChI is InChI=1S/C22H23NO4S/c1-16-8-6-7-11-19(16)14-28(25,26)15-20-12-13-21(27-20)22(24)23-17(2)18-9-4-3-5-10-18/h3-13,17H,14-15H2,1-2H3,(H,23,24). The maximum Gasteiger partial charge on any atom is 0.287 e. The summed E-state index contributed by atoms with van der Waals surface area (Å²) in [4.78, 5) is 12.4. The first-order valence-corrected chi connectivity index (χ1v) is 10.9. The Balaban J connectivity index is 1.65. The number of carbonyl (C=O) groups is 1. The lowest BCUT2D eigenvalue weighted by Gasteiger charge is -2.13. The van der Waals surface area contributed by atoms with Crippen LogP contribution in [0.3, 0.4) is 0 Å². The van der Waals surface area contributed by atoms with E-state index in [2.05, 4.69) is 5.32 Å². The van der Waals surface area contributed by atoms with Crippen molar-refractivity contribution in [2.24, 2.45) is 0 Å². The topological polar surface area (TPSA) is 76.4 Å². The lowest BCUT2D eigenvalue weighted by atomic mass is 10.1. The van der Waals surface area contributed by atoms with Gasteiger partial charge in [-0.3, -0.25) is 4.79 Å². The summed E-state index contributed by atoms with van der Waals surface area (Å²) in [6.07, 6.45) is 0. The smallest absolute Gasteiger partial charge is 0.287 e. The van der Waals surface area contributed by atoms with Crippen molar-refractivity contribution < 1.29 is 17.6 Å². The molecule has 0 aliphatic rings. The zero-order valence-electron chi connectivity index (χ0n) is 15.9. The molecule has 1 unspecified atom stereocenters. The SMILES string of the molecule is Cc1ccccc1CS(=O)(=O)Cc1ccc(C(=O)NC(C)c2ccccc2)o1. The largest absolute Gasteiger partial charge is 0.455 e. The number of hydrogen-bond acceptors (Lipinski definition) is 4. The zero-order chi connectivity index (χ0) is 20.1. The van der Waals surface area contributed by atoms with Crippen molar-refractivity contribution >= 4 is 15.7 Å². The summed E-state index contributed by atoms with van der Waals surface area (Å²) in [5, 5.41) is 2.85. The van der Waals surface area contributed by atoms with Gasteiger partial charge in [-0.15, -0.1) is 0 Å². The normalized spacial score (nSPS) is 12.5. The van der Waals surface area contributed by atoms with Gasteiger partial charge < -0.3 is 9.73 Å². The molecule has 0 bridgehead atoms. The molecular weight excluding hydrogens is 374 g/mol. The minimum absolute atomic E-state index is 0.0626. The predicted octanol–water partition coefficient (Wildman–Crippen LogP) is 4.19. The van der Waals surface area contributed by atoms with E-state index in [1.165, 1.54) is 12.1 Å². The van der Waals surface area contributed by atoms with Gasteiger partial charge in [0.05, 0.1) is 11.8 Å². The highest BCUT2D eigenvalue weighted by Gasteiger charge is 2.19. The molecule has 28 heavy (non-hydrogen) atoms. The van der Waals surface area contributed by atoms with E-state index in [-0.39, 0.29) is 35.0 Å². The van der Waals surface area contributed by atoms with Crippen LogP contribution in [0.4, 0.5) is 0 Å². The maximum absolute atomic E-state index is 12.5. The molecule has 0 aliphatic carbocycles. The van der Waals surface area contributed by atoms with E-state index in [4.69, 9.17) is 4.42 Å². The van der Waals surface area contributed by atoms with E-state index in [1.807, 2.05) is 62.4 Å². The minimum atomic E-state index is -3.41. The molecule has 0 spiro atoms. The number of carbonyl (C=O) groups excluding carboxylic acids is 1. The molecule has 1 heterocycles. The number of sulfone groups is 1. The number of aryl methyl sites for hydroxylation is 1. The van der Waals surface area contributed by atoms with E-state index in [9.17, 15) is 13.2 Å². The fourth-order valence-electron chi connectivity index (χ4n) is 2.95. The average molecular weight is 397 g/mol. The van der Waals surface area contributed by atoms with Crippen molar-refractivity contribution in [3.05, 3.63) is 94.9 Å². The molecule has 1 aromatic heterocycles. The Morgan fingerprint density at radius 3 is 2.36 bits per heavy atom. The molecule has 0 saturated heterocycles. The number of nitrogens with one attached hydrogen (secondary N) is 1. The zero-order valence-corrected chi connectivity index (χ0v) is 16.7. The third-order valence-electron chi connectivity index (χ3n) is 4.53. The fraction of sp³-hybridized carbons (Fsp3) is 0.227. The van der Waals surface area contributed by atoms with Crippen LogP contribution in [0.25, 0.3) is 0 Å². The Labute approximate surface area is 165 Å². The van der Waals surface area contributed by atoms with Crippen LogP contribution >= 0.6 is 0 Å². The van der Waals surface area contributed by atoms with Gasteiger partial charge in [0.15, 0.2) is 15.6 Å². The molecule has 5 nitrogen and oxygen atoms in total. The first-order chi connectivity index (χ1) is 13.3. The van der Waals surface area contributed by atoms with Crippen LogP contribution in [0.15, 0.2) is 71.1 Å². The first kappa shape index (κ1) is 19.9. The van der Waals surface area contributed by atoms with Gasteiger partial charge in [-0.1, -0.05) is 54.6 Å². The van der Waals surface area contributed by atoms with Gasteiger partial charge in [0.1, 0.15) is 11.5 Å². The summed E-state index contributed by atoms with van der Waals surface area (Å²) in [7, 11) is -3.41. The Morgan fingerprint density at radius 2 is 1.64 bits per heavy atom. The molecule has 0 fully saturated rings. The second-order valence-corrected chi connectivity index (χ2v) is 8.90.